The predicted octanol–water partition coefficient (Wildman–Crippen LogP) is 2.70. The Bertz CT molecular complexity index is 862. The van der Waals surface area contributed by atoms with Gasteiger partial charge in [-0.25, -0.2) is 4.98 Å². The standard InChI is InChI=1S/C21H28N6O/c1-22-21(23-11-10-20-25-16-7-2-3-8-17(16)26-20)24-15-18(19-9-6-14-28-19)27-12-4-5-13-27/h2-3,6-9,14,18H,4-5,10-13,15H2,1H3,(H,25,26)(H2,22,23,24). The van der Waals surface area contributed by atoms with E-state index in [2.05, 4.69) is 36.6 Å². The number of nitrogens with zero attached hydrogens (tertiary/aromatic N) is 3. The van der Waals surface area contributed by atoms with E-state index in [1.54, 1.807) is 13.3 Å². The molecular formula is C21H28N6O. The van der Waals surface area contributed by atoms with Crippen LogP contribution in [0.3, 0.4) is 0 Å². The maximum absolute atomic E-state index is 5.69. The molecule has 4 rings (SSSR count). The quantitative estimate of drug-likeness (QED) is 0.434. The minimum Gasteiger partial charge on any atom is -0.468 e. The molecule has 1 saturated heterocycles. The number of H-pyrrole nitrogens is 1. The van der Waals surface area contributed by atoms with Crippen LogP contribution in [-0.2, 0) is 6.42 Å². The van der Waals surface area contributed by atoms with Crippen molar-refractivity contribution in [3.63, 3.8) is 0 Å². The van der Waals surface area contributed by atoms with Crippen LogP contribution in [0, 0.1) is 0 Å². The van der Waals surface area contributed by atoms with Crippen molar-refractivity contribution in [1.82, 2.24) is 25.5 Å². The van der Waals surface area contributed by atoms with Gasteiger partial charge in [-0.15, -0.1) is 0 Å². The zero-order valence-corrected chi connectivity index (χ0v) is 16.3. The van der Waals surface area contributed by atoms with Crippen molar-refractivity contribution in [2.45, 2.75) is 25.3 Å². The summed E-state index contributed by atoms with van der Waals surface area (Å²) in [7, 11) is 1.80. The van der Waals surface area contributed by atoms with Crippen LogP contribution in [0.15, 0.2) is 52.1 Å². The molecule has 1 atom stereocenters. The van der Waals surface area contributed by atoms with Gasteiger partial charge in [0, 0.05) is 26.6 Å². The van der Waals surface area contributed by atoms with Crippen molar-refractivity contribution >= 4 is 17.0 Å². The number of hydrogen-bond acceptors (Lipinski definition) is 4. The van der Waals surface area contributed by atoms with Crippen molar-refractivity contribution in [3.8, 4) is 0 Å². The molecule has 0 spiro atoms. The summed E-state index contributed by atoms with van der Waals surface area (Å²) in [6.45, 7) is 3.75. The number of furan rings is 1. The summed E-state index contributed by atoms with van der Waals surface area (Å²) in [4.78, 5) is 14.8. The van der Waals surface area contributed by atoms with Gasteiger partial charge in [0.05, 0.1) is 23.3 Å². The zero-order valence-electron chi connectivity index (χ0n) is 16.3. The van der Waals surface area contributed by atoms with E-state index >= 15 is 0 Å². The Kier molecular flexibility index (Phi) is 5.92. The zero-order chi connectivity index (χ0) is 19.2. The molecule has 7 nitrogen and oxygen atoms in total. The Morgan fingerprint density at radius 3 is 2.82 bits per heavy atom. The van der Waals surface area contributed by atoms with Crippen LogP contribution in [0.25, 0.3) is 11.0 Å². The number of hydrogen-bond donors (Lipinski definition) is 3. The minimum atomic E-state index is 0.228. The number of aromatic nitrogens is 2. The number of guanidine groups is 1. The molecule has 3 aromatic rings. The number of rotatable bonds is 7. The highest BCUT2D eigenvalue weighted by atomic mass is 16.3. The molecule has 3 heterocycles. The van der Waals surface area contributed by atoms with Crippen LogP contribution in [-0.4, -0.2) is 54.1 Å². The maximum atomic E-state index is 5.69. The molecule has 28 heavy (non-hydrogen) atoms. The van der Waals surface area contributed by atoms with Crippen molar-refractivity contribution in [3.05, 3.63) is 54.2 Å². The van der Waals surface area contributed by atoms with E-state index in [-0.39, 0.29) is 6.04 Å². The van der Waals surface area contributed by atoms with Crippen LogP contribution < -0.4 is 10.6 Å². The van der Waals surface area contributed by atoms with Gasteiger partial charge < -0.3 is 20.0 Å². The van der Waals surface area contributed by atoms with E-state index in [0.29, 0.717) is 0 Å². The van der Waals surface area contributed by atoms with Gasteiger partial charge in [-0.05, 0) is 50.2 Å². The highest BCUT2D eigenvalue weighted by molar-refractivity contribution is 5.79. The van der Waals surface area contributed by atoms with E-state index in [4.69, 9.17) is 4.42 Å². The van der Waals surface area contributed by atoms with Crippen molar-refractivity contribution in [1.29, 1.82) is 0 Å². The maximum Gasteiger partial charge on any atom is 0.191 e. The van der Waals surface area contributed by atoms with Crippen molar-refractivity contribution in [2.75, 3.05) is 33.2 Å². The number of para-hydroxylation sites is 2. The molecule has 1 aliphatic heterocycles. The first-order valence-corrected chi connectivity index (χ1v) is 9.99. The number of aliphatic imine (C=N–C) groups is 1. The number of fused-ring (bicyclic) bond motifs is 1. The van der Waals surface area contributed by atoms with E-state index in [9.17, 15) is 0 Å². The van der Waals surface area contributed by atoms with E-state index < -0.39 is 0 Å². The number of aromatic amines is 1. The third-order valence-electron chi connectivity index (χ3n) is 5.23. The second-order valence-electron chi connectivity index (χ2n) is 7.10. The van der Waals surface area contributed by atoms with Gasteiger partial charge in [0.2, 0.25) is 0 Å². The summed E-state index contributed by atoms with van der Waals surface area (Å²) in [6, 6.07) is 12.3. The number of imidazole rings is 1. The molecule has 1 unspecified atom stereocenters. The fraction of sp³-hybridized carbons (Fsp3) is 0.429. The molecule has 1 fully saturated rings. The molecule has 1 aliphatic rings. The first-order chi connectivity index (χ1) is 13.8. The van der Waals surface area contributed by atoms with Crippen molar-refractivity contribution in [2.24, 2.45) is 4.99 Å². The molecule has 0 amide bonds. The Morgan fingerprint density at radius 1 is 1.21 bits per heavy atom. The summed E-state index contributed by atoms with van der Waals surface area (Å²) >= 11 is 0. The fourth-order valence-corrected chi connectivity index (χ4v) is 3.78. The summed E-state index contributed by atoms with van der Waals surface area (Å²) in [5.41, 5.74) is 2.08. The highest BCUT2D eigenvalue weighted by Gasteiger charge is 2.25. The van der Waals surface area contributed by atoms with Crippen LogP contribution in [0.2, 0.25) is 0 Å². The molecule has 0 aliphatic carbocycles. The third kappa shape index (κ3) is 4.36. The Labute approximate surface area is 165 Å². The van der Waals surface area contributed by atoms with Gasteiger partial charge in [0.15, 0.2) is 5.96 Å². The Morgan fingerprint density at radius 2 is 2.07 bits per heavy atom. The fourth-order valence-electron chi connectivity index (χ4n) is 3.78. The normalized spacial score (nSPS) is 16.5. The summed E-state index contributed by atoms with van der Waals surface area (Å²) in [5.74, 6) is 2.79. The smallest absolute Gasteiger partial charge is 0.191 e. The lowest BCUT2D eigenvalue weighted by molar-refractivity contribution is 0.215. The first-order valence-electron chi connectivity index (χ1n) is 9.99. The molecule has 0 radical (unpaired) electrons. The van der Waals surface area contributed by atoms with E-state index in [0.717, 1.165) is 61.2 Å². The summed E-state index contributed by atoms with van der Waals surface area (Å²) in [5, 5.41) is 6.84. The first kappa shape index (κ1) is 18.6. The second kappa shape index (κ2) is 8.93. The second-order valence-corrected chi connectivity index (χ2v) is 7.10. The van der Waals surface area contributed by atoms with Crippen molar-refractivity contribution < 1.29 is 4.42 Å². The molecule has 0 saturated carbocycles. The molecule has 148 valence electrons. The van der Waals surface area contributed by atoms with Crippen LogP contribution in [0.4, 0.5) is 0 Å². The van der Waals surface area contributed by atoms with Crippen LogP contribution in [0.5, 0.6) is 0 Å². The molecule has 2 aromatic heterocycles. The van der Waals surface area contributed by atoms with Crippen LogP contribution in [0.1, 0.15) is 30.5 Å². The monoisotopic (exact) mass is 380 g/mol. The van der Waals surface area contributed by atoms with Gasteiger partial charge in [-0.2, -0.15) is 0 Å². The van der Waals surface area contributed by atoms with Gasteiger partial charge in [0.1, 0.15) is 11.6 Å². The molecule has 3 N–H and O–H groups in total. The molecule has 7 heteroatoms. The Balaban J connectivity index is 1.30. The van der Waals surface area contributed by atoms with E-state index in [1.165, 1.54) is 12.8 Å². The topological polar surface area (TPSA) is 81.5 Å². The predicted molar refractivity (Wildman–Crippen MR) is 111 cm³/mol. The summed E-state index contributed by atoms with van der Waals surface area (Å²) < 4.78 is 5.69. The molecular weight excluding hydrogens is 352 g/mol. The lowest BCUT2D eigenvalue weighted by Crippen LogP contribution is -2.43. The van der Waals surface area contributed by atoms with Gasteiger partial charge >= 0.3 is 0 Å². The number of benzene rings is 1. The minimum absolute atomic E-state index is 0.228. The largest absolute Gasteiger partial charge is 0.468 e. The molecule has 0 bridgehead atoms. The van der Waals surface area contributed by atoms with Gasteiger partial charge in [-0.1, -0.05) is 12.1 Å². The average Bonchev–Trinajstić information content (AvgIpc) is 3.48. The van der Waals surface area contributed by atoms with Gasteiger partial charge in [-0.3, -0.25) is 9.89 Å². The Hall–Kier alpha value is -2.80. The lowest BCUT2D eigenvalue weighted by atomic mass is 10.2. The lowest BCUT2D eigenvalue weighted by Gasteiger charge is -2.26. The highest BCUT2D eigenvalue weighted by Crippen LogP contribution is 2.24. The molecule has 1 aromatic carbocycles. The van der Waals surface area contributed by atoms with Gasteiger partial charge in [0.25, 0.3) is 0 Å². The third-order valence-corrected chi connectivity index (χ3v) is 5.23. The number of likely N-dealkylation sites (tertiary alicyclic amines) is 1. The number of nitrogens with one attached hydrogen (secondary N) is 3. The SMILES string of the molecule is CN=C(NCCc1nc2ccccc2[nH]1)NCC(c1ccco1)N1CCCC1. The summed E-state index contributed by atoms with van der Waals surface area (Å²) in [6.07, 6.45) is 5.06. The van der Waals surface area contributed by atoms with Crippen LogP contribution >= 0.6 is 0 Å². The van der Waals surface area contributed by atoms with E-state index in [1.807, 2.05) is 30.3 Å². The average molecular weight is 380 g/mol.